The van der Waals surface area contributed by atoms with E-state index in [-0.39, 0.29) is 0 Å². The van der Waals surface area contributed by atoms with Gasteiger partial charge in [-0.2, -0.15) is 0 Å². The molecule has 0 fully saturated rings. The summed E-state index contributed by atoms with van der Waals surface area (Å²) in [4.78, 5) is 0. The molecule has 0 saturated heterocycles. The maximum atomic E-state index is 5.38. The van der Waals surface area contributed by atoms with E-state index in [1.54, 1.807) is 7.11 Å². The number of methoxy groups -OCH3 is 1. The van der Waals surface area contributed by atoms with Crippen LogP contribution in [0.4, 0.5) is 11.4 Å². The maximum absolute atomic E-state index is 5.38. The van der Waals surface area contributed by atoms with Crippen LogP contribution in [0.25, 0.3) is 0 Å². The number of thiocarbonyl (C=S) groups is 1. The van der Waals surface area contributed by atoms with Crippen LogP contribution in [0.5, 0.6) is 5.75 Å². The monoisotopic (exact) mass is 300 g/mol. The van der Waals surface area contributed by atoms with E-state index >= 15 is 0 Å². The zero-order chi connectivity index (χ0) is 15.2. The van der Waals surface area contributed by atoms with Crippen molar-refractivity contribution in [3.63, 3.8) is 0 Å². The van der Waals surface area contributed by atoms with Crippen LogP contribution in [0.1, 0.15) is 25.3 Å². The van der Waals surface area contributed by atoms with Crippen molar-refractivity contribution in [2.45, 2.75) is 19.8 Å². The van der Waals surface area contributed by atoms with Gasteiger partial charge < -0.3 is 15.4 Å². The largest absolute Gasteiger partial charge is 0.497 e. The van der Waals surface area contributed by atoms with Crippen molar-refractivity contribution in [2.24, 2.45) is 0 Å². The van der Waals surface area contributed by atoms with Crippen LogP contribution in [0, 0.1) is 0 Å². The summed E-state index contributed by atoms with van der Waals surface area (Å²) < 4.78 is 5.20. The molecule has 21 heavy (non-hydrogen) atoms. The summed E-state index contributed by atoms with van der Waals surface area (Å²) in [6.45, 7) is 4.33. The van der Waals surface area contributed by atoms with Crippen LogP contribution in [0.2, 0.25) is 0 Å². The van der Waals surface area contributed by atoms with Gasteiger partial charge in [0.05, 0.1) is 7.11 Å². The van der Waals surface area contributed by atoms with Crippen molar-refractivity contribution in [1.82, 2.24) is 0 Å². The Balaban J connectivity index is 2.08. The van der Waals surface area contributed by atoms with Crippen molar-refractivity contribution in [3.8, 4) is 5.75 Å². The van der Waals surface area contributed by atoms with Crippen molar-refractivity contribution < 1.29 is 4.74 Å². The van der Waals surface area contributed by atoms with Crippen LogP contribution < -0.4 is 15.4 Å². The average molecular weight is 300 g/mol. The van der Waals surface area contributed by atoms with E-state index in [1.807, 2.05) is 42.5 Å². The van der Waals surface area contributed by atoms with Gasteiger partial charge in [-0.3, -0.25) is 0 Å². The van der Waals surface area contributed by atoms with Gasteiger partial charge in [0.2, 0.25) is 0 Å². The number of ether oxygens (including phenoxy) is 1. The Labute approximate surface area is 131 Å². The molecule has 3 nitrogen and oxygen atoms in total. The second-order valence-corrected chi connectivity index (χ2v) is 5.46. The van der Waals surface area contributed by atoms with Gasteiger partial charge in [-0.1, -0.05) is 38.1 Å². The third-order valence-corrected chi connectivity index (χ3v) is 3.36. The van der Waals surface area contributed by atoms with E-state index < -0.39 is 0 Å². The molecule has 0 aliphatic rings. The quantitative estimate of drug-likeness (QED) is 0.807. The zero-order valence-electron chi connectivity index (χ0n) is 12.5. The van der Waals surface area contributed by atoms with Gasteiger partial charge >= 0.3 is 0 Å². The van der Waals surface area contributed by atoms with Gasteiger partial charge in [0.15, 0.2) is 5.11 Å². The summed E-state index contributed by atoms with van der Waals surface area (Å²) >= 11 is 5.38. The normalized spacial score (nSPS) is 10.3. The Morgan fingerprint density at radius 3 is 2.52 bits per heavy atom. The van der Waals surface area contributed by atoms with Gasteiger partial charge in [-0.05, 0) is 41.9 Å². The highest BCUT2D eigenvalue weighted by Crippen LogP contribution is 2.24. The molecule has 4 heteroatoms. The fourth-order valence-electron chi connectivity index (χ4n) is 2.10. The summed E-state index contributed by atoms with van der Waals surface area (Å²) in [5.41, 5.74) is 3.18. The van der Waals surface area contributed by atoms with Crippen LogP contribution in [0.3, 0.4) is 0 Å². The minimum Gasteiger partial charge on any atom is -0.497 e. The number of nitrogens with one attached hydrogen (secondary N) is 2. The molecule has 0 amide bonds. The first-order valence-corrected chi connectivity index (χ1v) is 7.32. The first-order valence-electron chi connectivity index (χ1n) is 6.91. The molecule has 110 valence electrons. The minimum absolute atomic E-state index is 0.438. The van der Waals surface area contributed by atoms with Crippen molar-refractivity contribution in [2.75, 3.05) is 17.7 Å². The number of rotatable bonds is 4. The number of benzene rings is 2. The predicted molar refractivity (Wildman–Crippen MR) is 93.4 cm³/mol. The molecule has 2 aromatic carbocycles. The van der Waals surface area contributed by atoms with Gasteiger partial charge in [-0.15, -0.1) is 0 Å². The molecule has 2 rings (SSSR count). The summed E-state index contributed by atoms with van der Waals surface area (Å²) in [6, 6.07) is 15.9. The fraction of sp³-hybridized carbons (Fsp3) is 0.235. The Hall–Kier alpha value is -2.07. The molecule has 0 atom stereocenters. The molecule has 0 spiro atoms. The van der Waals surface area contributed by atoms with Gasteiger partial charge in [-0.25, -0.2) is 0 Å². The van der Waals surface area contributed by atoms with E-state index in [9.17, 15) is 0 Å². The van der Waals surface area contributed by atoms with E-state index in [1.165, 1.54) is 5.56 Å². The second kappa shape index (κ2) is 7.09. The third-order valence-electron chi connectivity index (χ3n) is 3.16. The highest BCUT2D eigenvalue weighted by molar-refractivity contribution is 7.80. The number of para-hydroxylation sites is 1. The van der Waals surface area contributed by atoms with E-state index in [4.69, 9.17) is 17.0 Å². The van der Waals surface area contributed by atoms with Crippen LogP contribution >= 0.6 is 12.2 Å². The molecular formula is C17H20N2OS. The number of hydrogen-bond acceptors (Lipinski definition) is 2. The molecular weight excluding hydrogens is 280 g/mol. The van der Waals surface area contributed by atoms with Crippen molar-refractivity contribution in [3.05, 3.63) is 54.1 Å². The fourth-order valence-corrected chi connectivity index (χ4v) is 2.33. The SMILES string of the molecule is COc1cccc(NC(=S)Nc2ccccc2C(C)C)c1. The standard InChI is InChI=1S/C17H20N2OS/c1-12(2)15-9-4-5-10-16(15)19-17(21)18-13-7-6-8-14(11-13)20-3/h4-12H,1-3H3,(H2,18,19,21). The molecule has 0 aromatic heterocycles. The molecule has 0 unspecified atom stereocenters. The van der Waals surface area contributed by atoms with E-state index in [0.29, 0.717) is 11.0 Å². The third kappa shape index (κ3) is 4.20. The van der Waals surface area contributed by atoms with Crippen LogP contribution in [0.15, 0.2) is 48.5 Å². The zero-order valence-corrected chi connectivity index (χ0v) is 13.3. The number of anilines is 2. The lowest BCUT2D eigenvalue weighted by molar-refractivity contribution is 0.415. The second-order valence-electron chi connectivity index (χ2n) is 5.05. The summed E-state index contributed by atoms with van der Waals surface area (Å²) in [5.74, 6) is 1.23. The molecule has 0 aliphatic heterocycles. The van der Waals surface area contributed by atoms with Crippen LogP contribution in [-0.4, -0.2) is 12.2 Å². The lowest BCUT2D eigenvalue weighted by Crippen LogP contribution is -2.20. The van der Waals surface area contributed by atoms with Crippen LogP contribution in [-0.2, 0) is 0 Å². The molecule has 2 N–H and O–H groups in total. The molecule has 0 aliphatic carbocycles. The average Bonchev–Trinajstić information content (AvgIpc) is 2.47. The lowest BCUT2D eigenvalue weighted by atomic mass is 10.0. The molecule has 0 radical (unpaired) electrons. The summed E-state index contributed by atoms with van der Waals surface area (Å²) in [7, 11) is 1.65. The summed E-state index contributed by atoms with van der Waals surface area (Å²) in [6.07, 6.45) is 0. The van der Waals surface area contributed by atoms with Gasteiger partial charge in [0.1, 0.15) is 5.75 Å². The highest BCUT2D eigenvalue weighted by atomic mass is 32.1. The van der Waals surface area contributed by atoms with Crippen molar-refractivity contribution >= 4 is 28.7 Å². The Bertz CT molecular complexity index is 626. The van der Waals surface area contributed by atoms with Gasteiger partial charge in [0, 0.05) is 17.4 Å². The first-order chi connectivity index (χ1) is 10.1. The smallest absolute Gasteiger partial charge is 0.175 e. The highest BCUT2D eigenvalue weighted by Gasteiger charge is 2.07. The van der Waals surface area contributed by atoms with Crippen molar-refractivity contribution in [1.29, 1.82) is 0 Å². The minimum atomic E-state index is 0.438. The topological polar surface area (TPSA) is 33.3 Å². The Kier molecular flexibility index (Phi) is 5.17. The Morgan fingerprint density at radius 1 is 1.05 bits per heavy atom. The lowest BCUT2D eigenvalue weighted by Gasteiger charge is -2.16. The Morgan fingerprint density at radius 2 is 1.81 bits per heavy atom. The van der Waals surface area contributed by atoms with E-state index in [0.717, 1.165) is 17.1 Å². The predicted octanol–water partition coefficient (Wildman–Crippen LogP) is 4.63. The molecule has 2 aromatic rings. The maximum Gasteiger partial charge on any atom is 0.175 e. The molecule has 0 bridgehead atoms. The number of hydrogen-bond donors (Lipinski definition) is 2. The van der Waals surface area contributed by atoms with E-state index in [2.05, 4.69) is 30.5 Å². The van der Waals surface area contributed by atoms with Gasteiger partial charge in [0.25, 0.3) is 0 Å². The molecule has 0 saturated carbocycles. The summed E-state index contributed by atoms with van der Waals surface area (Å²) in [5, 5.41) is 6.99. The first kappa shape index (κ1) is 15.3. The molecule has 0 heterocycles.